The van der Waals surface area contributed by atoms with Gasteiger partial charge in [0.2, 0.25) is 0 Å². The number of phenols is 2. The van der Waals surface area contributed by atoms with Crippen molar-refractivity contribution in [3.8, 4) is 11.5 Å². The first-order valence-electron chi connectivity index (χ1n) is 3.93. The van der Waals surface area contributed by atoms with Crippen molar-refractivity contribution in [2.75, 3.05) is 0 Å². The van der Waals surface area contributed by atoms with E-state index in [9.17, 15) is 9.90 Å². The van der Waals surface area contributed by atoms with Gasteiger partial charge in [-0.05, 0) is 6.07 Å². The van der Waals surface area contributed by atoms with Gasteiger partial charge in [-0.3, -0.25) is 0 Å². The van der Waals surface area contributed by atoms with E-state index in [-0.39, 0.29) is 17.7 Å². The van der Waals surface area contributed by atoms with E-state index >= 15 is 0 Å². The molecule has 4 N–H and O–H groups in total. The van der Waals surface area contributed by atoms with Gasteiger partial charge in [0, 0.05) is 12.0 Å². The average Bonchev–Trinajstić information content (AvgIpc) is 2.12. The molecular weight excluding hydrogens is 188 g/mol. The van der Waals surface area contributed by atoms with Crippen LogP contribution in [0.25, 0.3) is 0 Å². The van der Waals surface area contributed by atoms with Crippen LogP contribution in [0.1, 0.15) is 5.56 Å². The van der Waals surface area contributed by atoms with Crippen molar-refractivity contribution in [1.29, 1.82) is 0 Å². The maximum atomic E-state index is 10.3. The summed E-state index contributed by atoms with van der Waals surface area (Å²) in [6.45, 7) is 0. The van der Waals surface area contributed by atoms with Gasteiger partial charge in [-0.15, -0.1) is 0 Å². The van der Waals surface area contributed by atoms with E-state index in [4.69, 9.17) is 15.3 Å². The van der Waals surface area contributed by atoms with E-state index in [0.29, 0.717) is 0 Å². The predicted octanol–water partition coefficient (Wildman–Crippen LogP) is 0.0858. The molecule has 14 heavy (non-hydrogen) atoms. The van der Waals surface area contributed by atoms with E-state index in [1.807, 2.05) is 0 Å². The standard InChI is InChI=1S/C9H10O5/c10-6-3-1-2-5(8(6)12)4-7(11)9(13)14/h1-3,7,10-12H,4H2,(H,13,14)/t7-/m1/s1. The molecule has 0 fully saturated rings. The second kappa shape index (κ2) is 3.97. The van der Waals surface area contributed by atoms with Crippen LogP contribution >= 0.6 is 0 Å². The molecular formula is C9H10O5. The molecule has 0 amide bonds. The van der Waals surface area contributed by atoms with Crippen molar-refractivity contribution in [3.05, 3.63) is 23.8 Å². The van der Waals surface area contributed by atoms with Crippen LogP contribution in [0.15, 0.2) is 18.2 Å². The number of phenolic OH excluding ortho intramolecular Hbond substituents is 2. The molecule has 0 aromatic heterocycles. The lowest BCUT2D eigenvalue weighted by molar-refractivity contribution is -0.146. The highest BCUT2D eigenvalue weighted by Crippen LogP contribution is 2.28. The highest BCUT2D eigenvalue weighted by atomic mass is 16.4. The molecule has 0 unspecified atom stereocenters. The number of hydrogen-bond donors (Lipinski definition) is 4. The first-order valence-corrected chi connectivity index (χ1v) is 3.93. The summed E-state index contributed by atoms with van der Waals surface area (Å²) in [6, 6.07) is 4.16. The zero-order valence-corrected chi connectivity index (χ0v) is 7.21. The summed E-state index contributed by atoms with van der Waals surface area (Å²) < 4.78 is 0. The van der Waals surface area contributed by atoms with E-state index < -0.39 is 17.8 Å². The Kier molecular flexibility index (Phi) is 2.93. The maximum Gasteiger partial charge on any atom is 0.332 e. The van der Waals surface area contributed by atoms with E-state index in [2.05, 4.69) is 0 Å². The quantitative estimate of drug-likeness (QED) is 0.516. The molecule has 1 aromatic carbocycles. The highest BCUT2D eigenvalue weighted by Gasteiger charge is 2.16. The fourth-order valence-corrected chi connectivity index (χ4v) is 1.04. The lowest BCUT2D eigenvalue weighted by Gasteiger charge is -2.07. The lowest BCUT2D eigenvalue weighted by Crippen LogP contribution is -2.21. The summed E-state index contributed by atoms with van der Waals surface area (Å²) in [7, 11) is 0. The Morgan fingerprint density at radius 2 is 2.00 bits per heavy atom. The van der Waals surface area contributed by atoms with Crippen LogP contribution in [-0.4, -0.2) is 32.5 Å². The molecule has 0 aliphatic carbocycles. The molecule has 0 spiro atoms. The molecule has 5 heteroatoms. The first kappa shape index (κ1) is 10.3. The van der Waals surface area contributed by atoms with Crippen molar-refractivity contribution in [1.82, 2.24) is 0 Å². The Morgan fingerprint density at radius 3 is 2.57 bits per heavy atom. The minimum atomic E-state index is -1.58. The number of aliphatic carboxylic acids is 1. The molecule has 0 aliphatic rings. The van der Waals surface area contributed by atoms with Crippen LogP contribution in [0.5, 0.6) is 11.5 Å². The third-order valence-corrected chi connectivity index (χ3v) is 1.80. The Labute approximate surface area is 79.9 Å². The van der Waals surface area contributed by atoms with Gasteiger partial charge in [0.05, 0.1) is 0 Å². The van der Waals surface area contributed by atoms with Crippen molar-refractivity contribution in [2.24, 2.45) is 0 Å². The molecule has 0 saturated carbocycles. The summed E-state index contributed by atoms with van der Waals surface area (Å²) in [4.78, 5) is 10.3. The minimum absolute atomic E-state index is 0.194. The SMILES string of the molecule is O=C(O)[C@H](O)Cc1cccc(O)c1O. The molecule has 0 bridgehead atoms. The number of aliphatic hydroxyl groups is 1. The Balaban J connectivity index is 2.87. The van der Waals surface area contributed by atoms with E-state index in [1.165, 1.54) is 18.2 Å². The number of aliphatic hydroxyl groups excluding tert-OH is 1. The number of aromatic hydroxyl groups is 2. The maximum absolute atomic E-state index is 10.3. The predicted molar refractivity (Wildman–Crippen MR) is 47.1 cm³/mol. The van der Waals surface area contributed by atoms with E-state index in [0.717, 1.165) is 0 Å². The van der Waals surface area contributed by atoms with Gasteiger partial charge < -0.3 is 20.4 Å². The fraction of sp³-hybridized carbons (Fsp3) is 0.222. The van der Waals surface area contributed by atoms with Crippen LogP contribution in [-0.2, 0) is 11.2 Å². The van der Waals surface area contributed by atoms with Gasteiger partial charge in [-0.2, -0.15) is 0 Å². The molecule has 0 aliphatic heterocycles. The van der Waals surface area contributed by atoms with Crippen molar-refractivity contribution < 1.29 is 25.2 Å². The highest BCUT2D eigenvalue weighted by molar-refractivity contribution is 5.72. The average molecular weight is 198 g/mol. The number of para-hydroxylation sites is 1. The summed E-state index contributed by atoms with van der Waals surface area (Å²) in [5.41, 5.74) is 0.194. The van der Waals surface area contributed by atoms with Crippen LogP contribution < -0.4 is 0 Å². The van der Waals surface area contributed by atoms with E-state index in [1.54, 1.807) is 0 Å². The number of carboxylic acids is 1. The van der Waals surface area contributed by atoms with Gasteiger partial charge in [0.25, 0.3) is 0 Å². The number of carbonyl (C=O) groups is 1. The summed E-state index contributed by atoms with van der Waals surface area (Å²) in [5, 5.41) is 35.8. The second-order valence-electron chi connectivity index (χ2n) is 2.84. The second-order valence-corrected chi connectivity index (χ2v) is 2.84. The third-order valence-electron chi connectivity index (χ3n) is 1.80. The van der Waals surface area contributed by atoms with Crippen molar-refractivity contribution in [2.45, 2.75) is 12.5 Å². The van der Waals surface area contributed by atoms with Gasteiger partial charge in [0.1, 0.15) is 0 Å². The molecule has 0 radical (unpaired) electrons. The topological polar surface area (TPSA) is 98.0 Å². The molecule has 0 saturated heterocycles. The summed E-state index contributed by atoms with van der Waals surface area (Å²) in [6.07, 6.45) is -1.82. The van der Waals surface area contributed by atoms with Crippen molar-refractivity contribution in [3.63, 3.8) is 0 Å². The number of rotatable bonds is 3. The van der Waals surface area contributed by atoms with Crippen LogP contribution in [0, 0.1) is 0 Å². The lowest BCUT2D eigenvalue weighted by atomic mass is 10.1. The molecule has 76 valence electrons. The summed E-state index contributed by atoms with van der Waals surface area (Å²) >= 11 is 0. The molecule has 1 atom stereocenters. The van der Waals surface area contributed by atoms with Gasteiger partial charge in [0.15, 0.2) is 17.6 Å². The number of hydrogen-bond acceptors (Lipinski definition) is 4. The van der Waals surface area contributed by atoms with Gasteiger partial charge >= 0.3 is 5.97 Å². The zero-order valence-electron chi connectivity index (χ0n) is 7.21. The van der Waals surface area contributed by atoms with Crippen LogP contribution in [0.3, 0.4) is 0 Å². The molecule has 1 aromatic rings. The monoisotopic (exact) mass is 198 g/mol. The Hall–Kier alpha value is -1.75. The molecule has 1 rings (SSSR count). The number of benzene rings is 1. The molecule has 5 nitrogen and oxygen atoms in total. The Morgan fingerprint density at radius 1 is 1.36 bits per heavy atom. The molecule has 0 heterocycles. The first-order chi connectivity index (χ1) is 6.52. The van der Waals surface area contributed by atoms with Crippen LogP contribution in [0.2, 0.25) is 0 Å². The minimum Gasteiger partial charge on any atom is -0.504 e. The van der Waals surface area contributed by atoms with Gasteiger partial charge in [-0.1, -0.05) is 12.1 Å². The largest absolute Gasteiger partial charge is 0.504 e. The van der Waals surface area contributed by atoms with Crippen molar-refractivity contribution >= 4 is 5.97 Å². The number of carboxylic acid groups (broad SMARTS) is 1. The van der Waals surface area contributed by atoms with Gasteiger partial charge in [-0.25, -0.2) is 4.79 Å². The third kappa shape index (κ3) is 2.14. The fourth-order valence-electron chi connectivity index (χ4n) is 1.04. The zero-order chi connectivity index (χ0) is 10.7. The summed E-state index contributed by atoms with van der Waals surface area (Å²) in [5.74, 6) is -2.10. The smallest absolute Gasteiger partial charge is 0.332 e. The normalized spacial score (nSPS) is 12.4. The van der Waals surface area contributed by atoms with Crippen LogP contribution in [0.4, 0.5) is 0 Å². The Bertz CT molecular complexity index is 347.